The van der Waals surface area contributed by atoms with Crippen LogP contribution in [-0.2, 0) is 17.6 Å². The van der Waals surface area contributed by atoms with Gasteiger partial charge >= 0.3 is 0 Å². The molecule has 0 bridgehead atoms. The molecule has 1 aromatic rings. The van der Waals surface area contributed by atoms with Gasteiger partial charge in [0, 0.05) is 30.9 Å². The molecular weight excluding hydrogens is 232 g/mol. The minimum absolute atomic E-state index is 0.407. The number of nitrogens with zero attached hydrogens (tertiary/aromatic N) is 1. The normalized spacial score (nSPS) is 22.6. The zero-order chi connectivity index (χ0) is 12.1. The van der Waals surface area contributed by atoms with Crippen LogP contribution >= 0.6 is 11.3 Å². The van der Waals surface area contributed by atoms with E-state index in [1.165, 1.54) is 30.0 Å². The maximum atomic E-state index is 5.75. The van der Waals surface area contributed by atoms with Crippen LogP contribution in [0, 0.1) is 0 Å². The van der Waals surface area contributed by atoms with Crippen LogP contribution in [0.5, 0.6) is 0 Å². The molecule has 0 amide bonds. The van der Waals surface area contributed by atoms with Crippen molar-refractivity contribution >= 4 is 11.3 Å². The van der Waals surface area contributed by atoms with Gasteiger partial charge < -0.3 is 10.1 Å². The molecule has 1 fully saturated rings. The number of ether oxygens (including phenoxy) is 1. The standard InChI is InChI=1S/C13H22N2OS/c1-10(14-2)7-11-9-17-13(15-11)8-12-5-3-4-6-16-12/h9-10,12,14H,3-8H2,1-2H3. The topological polar surface area (TPSA) is 34.1 Å². The van der Waals surface area contributed by atoms with Gasteiger partial charge in [0.05, 0.1) is 16.8 Å². The van der Waals surface area contributed by atoms with Gasteiger partial charge in [-0.25, -0.2) is 4.98 Å². The van der Waals surface area contributed by atoms with Crippen LogP contribution < -0.4 is 5.32 Å². The highest BCUT2D eigenvalue weighted by Crippen LogP contribution is 2.20. The van der Waals surface area contributed by atoms with Gasteiger partial charge in [0.25, 0.3) is 0 Å². The van der Waals surface area contributed by atoms with E-state index < -0.39 is 0 Å². The summed E-state index contributed by atoms with van der Waals surface area (Å²) in [5, 5.41) is 6.66. The van der Waals surface area contributed by atoms with Gasteiger partial charge in [-0.15, -0.1) is 11.3 Å². The Morgan fingerprint density at radius 3 is 3.18 bits per heavy atom. The second-order valence-corrected chi connectivity index (χ2v) is 5.76. The lowest BCUT2D eigenvalue weighted by molar-refractivity contribution is 0.0167. The van der Waals surface area contributed by atoms with E-state index in [9.17, 15) is 0 Å². The Balaban J connectivity index is 1.84. The molecule has 2 unspecified atom stereocenters. The summed E-state index contributed by atoms with van der Waals surface area (Å²) in [7, 11) is 1.99. The molecule has 1 saturated heterocycles. The summed E-state index contributed by atoms with van der Waals surface area (Å²) in [4.78, 5) is 4.69. The molecule has 17 heavy (non-hydrogen) atoms. The lowest BCUT2D eigenvalue weighted by atomic mass is 10.1. The molecule has 0 saturated carbocycles. The van der Waals surface area contributed by atoms with Crippen LogP contribution in [0.3, 0.4) is 0 Å². The molecule has 0 radical (unpaired) electrons. The Morgan fingerprint density at radius 2 is 2.47 bits per heavy atom. The fourth-order valence-electron chi connectivity index (χ4n) is 2.12. The smallest absolute Gasteiger partial charge is 0.0954 e. The largest absolute Gasteiger partial charge is 0.378 e. The molecule has 3 nitrogen and oxygen atoms in total. The molecule has 4 heteroatoms. The number of aromatic nitrogens is 1. The van der Waals surface area contributed by atoms with E-state index in [0.717, 1.165) is 19.4 Å². The Morgan fingerprint density at radius 1 is 1.59 bits per heavy atom. The molecule has 1 aromatic heterocycles. The van der Waals surface area contributed by atoms with Gasteiger partial charge in [-0.1, -0.05) is 0 Å². The third-order valence-electron chi connectivity index (χ3n) is 3.28. The van der Waals surface area contributed by atoms with Crippen LogP contribution in [0.4, 0.5) is 0 Å². The van der Waals surface area contributed by atoms with Crippen LogP contribution in [0.2, 0.25) is 0 Å². The first-order valence-corrected chi connectivity index (χ1v) is 7.38. The number of hydrogen-bond donors (Lipinski definition) is 1. The van der Waals surface area contributed by atoms with Gasteiger partial charge in [0.15, 0.2) is 0 Å². The number of likely N-dealkylation sites (N-methyl/N-ethyl adjacent to an activating group) is 1. The van der Waals surface area contributed by atoms with Crippen LogP contribution in [0.15, 0.2) is 5.38 Å². The third-order valence-corrected chi connectivity index (χ3v) is 4.20. The Kier molecular flexibility index (Phi) is 4.95. The first-order valence-electron chi connectivity index (χ1n) is 6.50. The average molecular weight is 254 g/mol. The molecule has 0 aliphatic carbocycles. The van der Waals surface area contributed by atoms with Crippen molar-refractivity contribution in [1.29, 1.82) is 0 Å². The van der Waals surface area contributed by atoms with Gasteiger partial charge in [-0.05, 0) is 33.2 Å². The maximum absolute atomic E-state index is 5.75. The van der Waals surface area contributed by atoms with E-state index in [1.807, 2.05) is 7.05 Å². The number of thiazole rings is 1. The molecule has 1 aliphatic heterocycles. The molecule has 1 N–H and O–H groups in total. The summed E-state index contributed by atoms with van der Waals surface area (Å²) in [6.07, 6.45) is 6.14. The summed E-state index contributed by atoms with van der Waals surface area (Å²) in [6, 6.07) is 0.496. The van der Waals surface area contributed by atoms with E-state index in [4.69, 9.17) is 9.72 Å². The lowest BCUT2D eigenvalue weighted by Crippen LogP contribution is -2.24. The Hall–Kier alpha value is -0.450. The lowest BCUT2D eigenvalue weighted by Gasteiger charge is -2.21. The molecule has 0 aromatic carbocycles. The van der Waals surface area contributed by atoms with E-state index in [2.05, 4.69) is 17.6 Å². The highest BCUT2D eigenvalue weighted by molar-refractivity contribution is 7.09. The minimum Gasteiger partial charge on any atom is -0.378 e. The van der Waals surface area contributed by atoms with Gasteiger partial charge in [-0.3, -0.25) is 0 Å². The zero-order valence-electron chi connectivity index (χ0n) is 10.7. The molecule has 1 aliphatic rings. The molecule has 2 rings (SSSR count). The first-order chi connectivity index (χ1) is 8.28. The fourth-order valence-corrected chi connectivity index (χ4v) is 2.99. The van der Waals surface area contributed by atoms with E-state index >= 15 is 0 Å². The van der Waals surface area contributed by atoms with Gasteiger partial charge in [-0.2, -0.15) is 0 Å². The predicted octanol–water partition coefficient (Wildman–Crippen LogP) is 2.41. The minimum atomic E-state index is 0.407. The van der Waals surface area contributed by atoms with Crippen LogP contribution in [0.25, 0.3) is 0 Å². The molecular formula is C13H22N2OS. The highest BCUT2D eigenvalue weighted by atomic mass is 32.1. The summed E-state index contributed by atoms with van der Waals surface area (Å²) >= 11 is 1.78. The van der Waals surface area contributed by atoms with Crippen molar-refractivity contribution < 1.29 is 4.74 Å². The van der Waals surface area contributed by atoms with Crippen LogP contribution in [-0.4, -0.2) is 30.8 Å². The fraction of sp³-hybridized carbons (Fsp3) is 0.769. The number of nitrogens with one attached hydrogen (secondary N) is 1. The van der Waals surface area contributed by atoms with Crippen molar-refractivity contribution in [2.45, 2.75) is 51.2 Å². The van der Waals surface area contributed by atoms with E-state index in [1.54, 1.807) is 11.3 Å². The monoisotopic (exact) mass is 254 g/mol. The molecule has 0 spiro atoms. The number of rotatable bonds is 5. The van der Waals surface area contributed by atoms with Gasteiger partial charge in [0.2, 0.25) is 0 Å². The first kappa shape index (κ1) is 13.0. The van der Waals surface area contributed by atoms with E-state index in [-0.39, 0.29) is 0 Å². The number of hydrogen-bond acceptors (Lipinski definition) is 4. The highest BCUT2D eigenvalue weighted by Gasteiger charge is 2.16. The maximum Gasteiger partial charge on any atom is 0.0954 e. The summed E-state index contributed by atoms with van der Waals surface area (Å²) in [6.45, 7) is 3.11. The zero-order valence-corrected chi connectivity index (χ0v) is 11.6. The Bertz CT molecular complexity index is 334. The summed E-state index contributed by atoms with van der Waals surface area (Å²) in [5.41, 5.74) is 1.21. The van der Waals surface area contributed by atoms with Crippen molar-refractivity contribution in [1.82, 2.24) is 10.3 Å². The third kappa shape index (κ3) is 4.05. The summed E-state index contributed by atoms with van der Waals surface area (Å²) < 4.78 is 5.75. The molecule has 96 valence electrons. The Labute approximate surface area is 108 Å². The van der Waals surface area contributed by atoms with Crippen LogP contribution in [0.1, 0.15) is 36.9 Å². The summed E-state index contributed by atoms with van der Waals surface area (Å²) in [5.74, 6) is 0. The predicted molar refractivity (Wildman–Crippen MR) is 71.6 cm³/mol. The van der Waals surface area contributed by atoms with Crippen molar-refractivity contribution in [2.24, 2.45) is 0 Å². The quantitative estimate of drug-likeness (QED) is 0.876. The van der Waals surface area contributed by atoms with Crippen molar-refractivity contribution in [2.75, 3.05) is 13.7 Å². The second kappa shape index (κ2) is 6.47. The van der Waals surface area contributed by atoms with Crippen molar-refractivity contribution in [3.63, 3.8) is 0 Å². The van der Waals surface area contributed by atoms with Crippen molar-refractivity contribution in [3.8, 4) is 0 Å². The average Bonchev–Trinajstić information content (AvgIpc) is 2.77. The molecule has 2 atom stereocenters. The van der Waals surface area contributed by atoms with Gasteiger partial charge in [0.1, 0.15) is 0 Å². The second-order valence-electron chi connectivity index (χ2n) is 4.82. The van der Waals surface area contributed by atoms with E-state index in [0.29, 0.717) is 12.1 Å². The SMILES string of the molecule is CNC(C)Cc1csc(CC2CCCCO2)n1. The van der Waals surface area contributed by atoms with Crippen molar-refractivity contribution in [3.05, 3.63) is 16.1 Å². The molecule has 2 heterocycles.